The van der Waals surface area contributed by atoms with Crippen molar-refractivity contribution in [3.63, 3.8) is 0 Å². The van der Waals surface area contributed by atoms with Crippen molar-refractivity contribution in [2.75, 3.05) is 26.9 Å². The first-order valence-corrected chi connectivity index (χ1v) is 8.49. The predicted octanol–water partition coefficient (Wildman–Crippen LogP) is 2.33. The SMILES string of the molecule is CN(CCOc1ccc(Cl)cc1)CN1C(=O)NC(C)(C2CC2)C1=O. The molecule has 2 fully saturated rings. The number of nitrogens with one attached hydrogen (secondary N) is 1. The fraction of sp³-hybridized carbons (Fsp3) is 0.529. The minimum Gasteiger partial charge on any atom is -0.492 e. The first-order chi connectivity index (χ1) is 11.4. The van der Waals surface area contributed by atoms with Gasteiger partial charge >= 0.3 is 6.03 Å². The monoisotopic (exact) mass is 351 g/mol. The molecule has 0 aromatic heterocycles. The van der Waals surface area contributed by atoms with Crippen LogP contribution in [-0.4, -0.2) is 54.1 Å². The molecule has 1 aromatic rings. The average Bonchev–Trinajstić information content (AvgIpc) is 3.36. The van der Waals surface area contributed by atoms with E-state index in [2.05, 4.69) is 5.32 Å². The molecule has 2 aliphatic rings. The summed E-state index contributed by atoms with van der Waals surface area (Å²) in [5.41, 5.74) is -0.724. The number of hydrogen-bond acceptors (Lipinski definition) is 4. The molecular formula is C17H22ClN3O3. The van der Waals surface area contributed by atoms with Crippen LogP contribution >= 0.6 is 11.6 Å². The molecule has 1 N–H and O–H groups in total. The van der Waals surface area contributed by atoms with Gasteiger partial charge in [-0.2, -0.15) is 0 Å². The van der Waals surface area contributed by atoms with E-state index >= 15 is 0 Å². The lowest BCUT2D eigenvalue weighted by atomic mass is 9.96. The van der Waals surface area contributed by atoms with E-state index in [0.717, 1.165) is 18.6 Å². The van der Waals surface area contributed by atoms with E-state index in [4.69, 9.17) is 16.3 Å². The van der Waals surface area contributed by atoms with Gasteiger partial charge in [0.1, 0.15) is 17.9 Å². The Morgan fingerprint density at radius 1 is 1.33 bits per heavy atom. The van der Waals surface area contributed by atoms with Gasteiger partial charge < -0.3 is 10.1 Å². The molecule has 24 heavy (non-hydrogen) atoms. The molecule has 0 radical (unpaired) electrons. The number of halogens is 1. The quantitative estimate of drug-likeness (QED) is 0.766. The smallest absolute Gasteiger partial charge is 0.326 e. The molecule has 1 unspecified atom stereocenters. The van der Waals surface area contributed by atoms with Crippen LogP contribution in [0.1, 0.15) is 19.8 Å². The van der Waals surface area contributed by atoms with Gasteiger partial charge in [-0.05, 0) is 57.0 Å². The summed E-state index contributed by atoms with van der Waals surface area (Å²) < 4.78 is 5.63. The maximum atomic E-state index is 12.6. The molecule has 6 nitrogen and oxygen atoms in total. The van der Waals surface area contributed by atoms with Gasteiger partial charge in [0.25, 0.3) is 5.91 Å². The lowest BCUT2D eigenvalue weighted by Gasteiger charge is -2.24. The van der Waals surface area contributed by atoms with E-state index in [-0.39, 0.29) is 24.5 Å². The minimum absolute atomic E-state index is 0.125. The second-order valence-corrected chi connectivity index (χ2v) is 7.10. The Morgan fingerprint density at radius 2 is 2.00 bits per heavy atom. The summed E-state index contributed by atoms with van der Waals surface area (Å²) in [4.78, 5) is 27.9. The Morgan fingerprint density at radius 3 is 2.62 bits per heavy atom. The number of hydrogen-bond donors (Lipinski definition) is 1. The number of benzene rings is 1. The summed E-state index contributed by atoms with van der Waals surface area (Å²) in [5, 5.41) is 3.52. The Labute approximate surface area is 146 Å². The molecule has 3 amide bonds. The van der Waals surface area contributed by atoms with Gasteiger partial charge in [-0.15, -0.1) is 0 Å². The molecule has 1 heterocycles. The van der Waals surface area contributed by atoms with Gasteiger partial charge in [0, 0.05) is 11.6 Å². The summed E-state index contributed by atoms with van der Waals surface area (Å²) in [7, 11) is 1.86. The van der Waals surface area contributed by atoms with Crippen LogP contribution in [0, 0.1) is 5.92 Å². The minimum atomic E-state index is -0.724. The molecule has 1 aliphatic heterocycles. The summed E-state index contributed by atoms with van der Waals surface area (Å²) in [6.45, 7) is 3.15. The van der Waals surface area contributed by atoms with Crippen LogP contribution in [0.2, 0.25) is 5.02 Å². The third-order valence-corrected chi connectivity index (χ3v) is 4.89. The highest BCUT2D eigenvalue weighted by atomic mass is 35.5. The standard InChI is InChI=1S/C17H22ClN3O3/c1-17(12-3-4-12)15(22)21(16(23)19-17)11-20(2)9-10-24-14-7-5-13(18)6-8-14/h5-8,12H,3-4,9-11H2,1-2H3,(H,19,23). The van der Waals surface area contributed by atoms with Gasteiger partial charge in [-0.25, -0.2) is 9.69 Å². The Kier molecular flexibility index (Phi) is 4.69. The topological polar surface area (TPSA) is 61.9 Å². The van der Waals surface area contributed by atoms with Crippen molar-refractivity contribution in [2.45, 2.75) is 25.3 Å². The molecule has 1 atom stereocenters. The normalized spacial score (nSPS) is 23.8. The number of nitrogens with zero attached hydrogens (tertiary/aromatic N) is 2. The molecular weight excluding hydrogens is 330 g/mol. The lowest BCUT2D eigenvalue weighted by molar-refractivity contribution is -0.132. The van der Waals surface area contributed by atoms with Crippen molar-refractivity contribution >= 4 is 23.5 Å². The first kappa shape index (κ1) is 17.0. The van der Waals surface area contributed by atoms with Crippen LogP contribution in [0.4, 0.5) is 4.79 Å². The van der Waals surface area contributed by atoms with Crippen LogP contribution in [0.25, 0.3) is 0 Å². The van der Waals surface area contributed by atoms with E-state index in [1.54, 1.807) is 24.3 Å². The number of carbonyl (C=O) groups is 2. The average molecular weight is 352 g/mol. The summed E-state index contributed by atoms with van der Waals surface area (Å²) in [6, 6.07) is 6.85. The maximum Gasteiger partial charge on any atom is 0.326 e. The molecule has 3 rings (SSSR count). The number of carbonyl (C=O) groups excluding carboxylic acids is 2. The number of amides is 3. The summed E-state index contributed by atoms with van der Waals surface area (Å²) in [6.07, 6.45) is 2.00. The highest BCUT2D eigenvalue weighted by molar-refractivity contribution is 6.30. The van der Waals surface area contributed by atoms with E-state index in [0.29, 0.717) is 18.2 Å². The van der Waals surface area contributed by atoms with E-state index in [1.165, 1.54) is 4.90 Å². The van der Waals surface area contributed by atoms with Gasteiger partial charge in [0.15, 0.2) is 0 Å². The molecule has 7 heteroatoms. The fourth-order valence-electron chi connectivity index (χ4n) is 2.94. The summed E-state index contributed by atoms with van der Waals surface area (Å²) in [5.74, 6) is 0.891. The Bertz CT molecular complexity index is 632. The third-order valence-electron chi connectivity index (χ3n) is 4.63. The second kappa shape index (κ2) is 6.61. The zero-order valence-electron chi connectivity index (χ0n) is 13.9. The van der Waals surface area contributed by atoms with Crippen molar-refractivity contribution in [3.8, 4) is 5.75 Å². The molecule has 130 valence electrons. The van der Waals surface area contributed by atoms with E-state index in [1.807, 2.05) is 18.9 Å². The largest absolute Gasteiger partial charge is 0.492 e. The van der Waals surface area contributed by atoms with Gasteiger partial charge in [-0.3, -0.25) is 9.69 Å². The van der Waals surface area contributed by atoms with Crippen molar-refractivity contribution in [1.82, 2.24) is 15.1 Å². The van der Waals surface area contributed by atoms with E-state index < -0.39 is 5.54 Å². The van der Waals surface area contributed by atoms with Gasteiger partial charge in [0.05, 0.1) is 6.67 Å². The number of likely N-dealkylation sites (N-methyl/N-ethyl adjacent to an activating group) is 1. The molecule has 1 aliphatic carbocycles. The van der Waals surface area contributed by atoms with Crippen LogP contribution in [-0.2, 0) is 4.79 Å². The van der Waals surface area contributed by atoms with Crippen LogP contribution in [0.15, 0.2) is 24.3 Å². The van der Waals surface area contributed by atoms with Crippen molar-refractivity contribution < 1.29 is 14.3 Å². The second-order valence-electron chi connectivity index (χ2n) is 6.66. The lowest BCUT2D eigenvalue weighted by Crippen LogP contribution is -2.47. The van der Waals surface area contributed by atoms with Gasteiger partial charge in [-0.1, -0.05) is 11.6 Å². The number of ether oxygens (including phenoxy) is 1. The molecule has 1 saturated heterocycles. The number of rotatable bonds is 7. The third kappa shape index (κ3) is 3.49. The predicted molar refractivity (Wildman–Crippen MR) is 91.0 cm³/mol. The van der Waals surface area contributed by atoms with Crippen molar-refractivity contribution in [2.24, 2.45) is 5.92 Å². The Balaban J connectivity index is 1.48. The zero-order chi connectivity index (χ0) is 17.3. The van der Waals surface area contributed by atoms with Crippen LogP contribution in [0.3, 0.4) is 0 Å². The van der Waals surface area contributed by atoms with Crippen LogP contribution < -0.4 is 10.1 Å². The fourth-order valence-corrected chi connectivity index (χ4v) is 3.07. The molecule has 1 saturated carbocycles. The maximum absolute atomic E-state index is 12.6. The highest BCUT2D eigenvalue weighted by Gasteiger charge is 2.55. The number of imide groups is 1. The van der Waals surface area contributed by atoms with Crippen molar-refractivity contribution in [3.05, 3.63) is 29.3 Å². The van der Waals surface area contributed by atoms with Crippen molar-refractivity contribution in [1.29, 1.82) is 0 Å². The first-order valence-electron chi connectivity index (χ1n) is 8.11. The van der Waals surface area contributed by atoms with Crippen LogP contribution in [0.5, 0.6) is 5.75 Å². The molecule has 0 spiro atoms. The highest BCUT2D eigenvalue weighted by Crippen LogP contribution is 2.42. The van der Waals surface area contributed by atoms with E-state index in [9.17, 15) is 9.59 Å². The number of urea groups is 1. The summed E-state index contributed by atoms with van der Waals surface area (Å²) >= 11 is 5.83. The Hall–Kier alpha value is -1.79. The van der Waals surface area contributed by atoms with Gasteiger partial charge in [0.2, 0.25) is 0 Å². The molecule has 1 aromatic carbocycles. The molecule has 0 bridgehead atoms. The zero-order valence-corrected chi connectivity index (χ0v) is 14.7.